The Kier molecular flexibility index (Phi) is 3.08. The molecule has 4 heteroatoms. The average molecular weight is 301 g/mol. The first-order valence-electron chi connectivity index (χ1n) is 7.43. The van der Waals surface area contributed by atoms with E-state index in [-0.39, 0.29) is 5.88 Å². The Hall–Kier alpha value is -3.14. The van der Waals surface area contributed by atoms with Gasteiger partial charge in [-0.1, -0.05) is 60.7 Å². The fraction of sp³-hybridized carbons (Fsp3) is 0.0526. The van der Waals surface area contributed by atoms with Crippen molar-refractivity contribution < 1.29 is 5.11 Å². The maximum atomic E-state index is 10.5. The zero-order chi connectivity index (χ0) is 15.8. The van der Waals surface area contributed by atoms with Crippen LogP contribution in [0.3, 0.4) is 0 Å². The number of imidazole rings is 1. The van der Waals surface area contributed by atoms with Crippen molar-refractivity contribution in [2.75, 3.05) is 0 Å². The SMILES string of the molecule is Cc1nc2c(-c3ccccc3)ncc(-c3ccccc3)n2c1O. The van der Waals surface area contributed by atoms with Crippen molar-refractivity contribution in [2.24, 2.45) is 0 Å². The summed E-state index contributed by atoms with van der Waals surface area (Å²) in [4.78, 5) is 9.14. The normalized spacial score (nSPS) is 11.0. The minimum Gasteiger partial charge on any atom is -0.493 e. The van der Waals surface area contributed by atoms with Gasteiger partial charge in [0.05, 0.1) is 11.9 Å². The third-order valence-corrected chi connectivity index (χ3v) is 3.91. The summed E-state index contributed by atoms with van der Waals surface area (Å²) in [6.07, 6.45) is 1.78. The maximum absolute atomic E-state index is 10.5. The van der Waals surface area contributed by atoms with Crippen LogP contribution in [0.5, 0.6) is 5.88 Å². The molecule has 0 amide bonds. The standard InChI is InChI=1S/C19H15N3O/c1-13-19(23)22-16(14-8-4-2-5-9-14)12-20-17(18(22)21-13)15-10-6-3-7-11-15/h2-12,23H,1H3. The lowest BCUT2D eigenvalue weighted by atomic mass is 10.1. The van der Waals surface area contributed by atoms with Crippen molar-refractivity contribution in [3.8, 4) is 28.4 Å². The molecule has 1 N–H and O–H groups in total. The minimum absolute atomic E-state index is 0.151. The van der Waals surface area contributed by atoms with Crippen molar-refractivity contribution >= 4 is 5.65 Å². The molecule has 0 saturated carbocycles. The molecular weight excluding hydrogens is 286 g/mol. The quantitative estimate of drug-likeness (QED) is 0.607. The van der Waals surface area contributed by atoms with Crippen LogP contribution in [-0.4, -0.2) is 19.5 Å². The topological polar surface area (TPSA) is 50.4 Å². The second-order valence-corrected chi connectivity index (χ2v) is 5.40. The van der Waals surface area contributed by atoms with Crippen LogP contribution in [0.2, 0.25) is 0 Å². The largest absolute Gasteiger partial charge is 0.493 e. The summed E-state index contributed by atoms with van der Waals surface area (Å²) < 4.78 is 1.76. The number of hydrogen-bond acceptors (Lipinski definition) is 3. The molecule has 0 atom stereocenters. The molecule has 2 aromatic heterocycles. The minimum atomic E-state index is 0.151. The van der Waals surface area contributed by atoms with Crippen LogP contribution in [0.4, 0.5) is 0 Å². The highest BCUT2D eigenvalue weighted by Gasteiger charge is 2.17. The summed E-state index contributed by atoms with van der Waals surface area (Å²) in [6, 6.07) is 19.8. The van der Waals surface area contributed by atoms with Gasteiger partial charge in [0.2, 0.25) is 5.88 Å². The van der Waals surface area contributed by atoms with Crippen LogP contribution in [0.25, 0.3) is 28.2 Å². The summed E-state index contributed by atoms with van der Waals surface area (Å²) >= 11 is 0. The van der Waals surface area contributed by atoms with Gasteiger partial charge in [-0.2, -0.15) is 0 Å². The molecule has 4 aromatic rings. The van der Waals surface area contributed by atoms with Gasteiger partial charge >= 0.3 is 0 Å². The summed E-state index contributed by atoms with van der Waals surface area (Å²) in [6.45, 7) is 1.80. The van der Waals surface area contributed by atoms with Gasteiger partial charge in [0.25, 0.3) is 0 Å². The van der Waals surface area contributed by atoms with Crippen molar-refractivity contribution in [1.29, 1.82) is 0 Å². The molecule has 0 fully saturated rings. The Morgan fingerprint density at radius 1 is 0.870 bits per heavy atom. The number of fused-ring (bicyclic) bond motifs is 1. The molecule has 4 rings (SSSR count). The summed E-state index contributed by atoms with van der Waals surface area (Å²) in [5.41, 5.74) is 4.78. The van der Waals surface area contributed by atoms with Crippen LogP contribution in [0.1, 0.15) is 5.69 Å². The highest BCUT2D eigenvalue weighted by atomic mass is 16.3. The highest BCUT2D eigenvalue weighted by molar-refractivity contribution is 5.78. The molecule has 2 aromatic carbocycles. The number of aryl methyl sites for hydroxylation is 1. The number of nitrogens with zero attached hydrogens (tertiary/aromatic N) is 3. The van der Waals surface area contributed by atoms with Crippen LogP contribution in [0, 0.1) is 6.92 Å². The van der Waals surface area contributed by atoms with Crippen LogP contribution in [0.15, 0.2) is 66.9 Å². The zero-order valence-corrected chi connectivity index (χ0v) is 12.6. The van der Waals surface area contributed by atoms with Crippen molar-refractivity contribution in [3.63, 3.8) is 0 Å². The fourth-order valence-electron chi connectivity index (χ4n) is 2.76. The number of aromatic hydroxyl groups is 1. The van der Waals surface area contributed by atoms with Gasteiger partial charge < -0.3 is 5.11 Å². The lowest BCUT2D eigenvalue weighted by Crippen LogP contribution is -1.97. The third-order valence-electron chi connectivity index (χ3n) is 3.91. The van der Waals surface area contributed by atoms with Gasteiger partial charge in [-0.15, -0.1) is 0 Å². The van der Waals surface area contributed by atoms with Crippen LogP contribution < -0.4 is 0 Å². The van der Waals surface area contributed by atoms with Gasteiger partial charge in [0.15, 0.2) is 5.65 Å². The molecule has 0 radical (unpaired) electrons. The van der Waals surface area contributed by atoms with E-state index >= 15 is 0 Å². The number of aromatic nitrogens is 3. The molecule has 0 aliphatic carbocycles. The van der Waals surface area contributed by atoms with Gasteiger partial charge in [-0.25, -0.2) is 4.98 Å². The molecule has 0 aliphatic rings. The van der Waals surface area contributed by atoms with Gasteiger partial charge in [-0.05, 0) is 6.92 Å². The lowest BCUT2D eigenvalue weighted by molar-refractivity contribution is 0.445. The van der Waals surface area contributed by atoms with Crippen molar-refractivity contribution in [2.45, 2.75) is 6.92 Å². The second-order valence-electron chi connectivity index (χ2n) is 5.40. The summed E-state index contributed by atoms with van der Waals surface area (Å²) in [5, 5.41) is 10.5. The molecule has 0 saturated heterocycles. The van der Waals surface area contributed by atoms with E-state index in [2.05, 4.69) is 9.97 Å². The Labute approximate surface area is 133 Å². The zero-order valence-electron chi connectivity index (χ0n) is 12.6. The molecule has 23 heavy (non-hydrogen) atoms. The van der Waals surface area contributed by atoms with Crippen LogP contribution >= 0.6 is 0 Å². The Morgan fingerprint density at radius 3 is 2.13 bits per heavy atom. The van der Waals surface area contributed by atoms with Crippen molar-refractivity contribution in [1.82, 2.24) is 14.4 Å². The molecule has 0 unspecified atom stereocenters. The second kappa shape index (κ2) is 5.25. The maximum Gasteiger partial charge on any atom is 0.219 e. The van der Waals surface area contributed by atoms with Crippen molar-refractivity contribution in [3.05, 3.63) is 72.6 Å². The first-order chi connectivity index (χ1) is 11.3. The predicted molar refractivity (Wildman–Crippen MR) is 90.3 cm³/mol. The first-order valence-corrected chi connectivity index (χ1v) is 7.43. The Balaban J connectivity index is 2.06. The molecule has 2 heterocycles. The van der Waals surface area contributed by atoms with E-state index in [1.807, 2.05) is 60.7 Å². The predicted octanol–water partition coefficient (Wildman–Crippen LogP) is 4.08. The van der Waals surface area contributed by atoms with E-state index in [4.69, 9.17) is 0 Å². The van der Waals surface area contributed by atoms with Crippen LogP contribution in [-0.2, 0) is 0 Å². The van der Waals surface area contributed by atoms with Gasteiger partial charge in [0, 0.05) is 11.1 Å². The van der Waals surface area contributed by atoms with Gasteiger partial charge in [0.1, 0.15) is 11.4 Å². The molecule has 4 nitrogen and oxygen atoms in total. The molecular formula is C19H15N3O. The fourth-order valence-corrected chi connectivity index (χ4v) is 2.76. The molecule has 0 aliphatic heterocycles. The number of hydrogen-bond donors (Lipinski definition) is 1. The van der Waals surface area contributed by atoms with E-state index in [0.29, 0.717) is 11.3 Å². The smallest absolute Gasteiger partial charge is 0.219 e. The third kappa shape index (κ3) is 2.16. The molecule has 0 bridgehead atoms. The monoisotopic (exact) mass is 301 g/mol. The van der Waals surface area contributed by atoms with E-state index in [0.717, 1.165) is 22.5 Å². The van der Waals surface area contributed by atoms with E-state index < -0.39 is 0 Å². The number of rotatable bonds is 2. The summed E-state index contributed by atoms with van der Waals surface area (Å²) in [7, 11) is 0. The summed E-state index contributed by atoms with van der Waals surface area (Å²) in [5.74, 6) is 0.151. The van der Waals surface area contributed by atoms with Gasteiger partial charge in [-0.3, -0.25) is 9.38 Å². The van der Waals surface area contributed by atoms with E-state index in [1.54, 1.807) is 17.5 Å². The molecule has 112 valence electrons. The Bertz CT molecular complexity index is 976. The first kappa shape index (κ1) is 13.5. The number of benzene rings is 2. The highest BCUT2D eigenvalue weighted by Crippen LogP contribution is 2.31. The average Bonchev–Trinajstić information content (AvgIpc) is 2.91. The van der Waals surface area contributed by atoms with E-state index in [1.165, 1.54) is 0 Å². The molecule has 0 spiro atoms. The lowest BCUT2D eigenvalue weighted by Gasteiger charge is -2.09. The van der Waals surface area contributed by atoms with E-state index in [9.17, 15) is 5.11 Å². The Morgan fingerprint density at radius 2 is 1.48 bits per heavy atom.